The van der Waals surface area contributed by atoms with Gasteiger partial charge in [0.05, 0.1) is 0 Å². The molecular weight excluding hydrogens is 128 g/mol. The molecule has 0 fully saturated rings. The highest BCUT2D eigenvalue weighted by Gasteiger charge is 2.02. The van der Waals surface area contributed by atoms with Crippen LogP contribution < -0.4 is 0 Å². The first-order valence-electron chi connectivity index (χ1n) is 3.68. The van der Waals surface area contributed by atoms with Crippen molar-refractivity contribution in [1.82, 2.24) is 0 Å². The van der Waals surface area contributed by atoms with Gasteiger partial charge in [0.2, 0.25) is 0 Å². The third-order valence-electron chi connectivity index (χ3n) is 1.49. The van der Waals surface area contributed by atoms with Crippen molar-refractivity contribution < 1.29 is 10.2 Å². The van der Waals surface area contributed by atoms with E-state index < -0.39 is 0 Å². The summed E-state index contributed by atoms with van der Waals surface area (Å²) < 4.78 is 0. The Bertz CT molecular complexity index is 85.3. The molecule has 0 spiro atoms. The maximum atomic E-state index is 8.64. The minimum Gasteiger partial charge on any atom is -0.396 e. The molecule has 0 rings (SSSR count). The van der Waals surface area contributed by atoms with E-state index in [0.717, 1.165) is 12.8 Å². The molecule has 0 aliphatic heterocycles. The first-order chi connectivity index (χ1) is 4.85. The highest BCUT2D eigenvalue weighted by Crippen LogP contribution is 2.04. The Balaban J connectivity index is 3.25. The van der Waals surface area contributed by atoms with E-state index in [1.807, 2.05) is 19.1 Å². The van der Waals surface area contributed by atoms with E-state index in [1.165, 1.54) is 0 Å². The Morgan fingerprint density at radius 3 is 2.30 bits per heavy atom. The standard InChI is InChI=1S/C8H16O2/c1-2-3-4-5-8(6-9)7-10/h2-3,8-10H,4-7H2,1H3/b3-2+. The molecule has 0 aliphatic carbocycles. The lowest BCUT2D eigenvalue weighted by atomic mass is 10.1. The number of rotatable bonds is 5. The van der Waals surface area contributed by atoms with E-state index in [0.29, 0.717) is 0 Å². The molecule has 0 radical (unpaired) electrons. The Labute approximate surface area is 62.2 Å². The van der Waals surface area contributed by atoms with Gasteiger partial charge in [0.1, 0.15) is 0 Å². The van der Waals surface area contributed by atoms with Crippen molar-refractivity contribution >= 4 is 0 Å². The van der Waals surface area contributed by atoms with Gasteiger partial charge in [-0.05, 0) is 19.8 Å². The summed E-state index contributed by atoms with van der Waals surface area (Å²) in [6, 6.07) is 0. The van der Waals surface area contributed by atoms with Crippen LogP contribution in [0.4, 0.5) is 0 Å². The van der Waals surface area contributed by atoms with Gasteiger partial charge in [-0.3, -0.25) is 0 Å². The second-order valence-corrected chi connectivity index (χ2v) is 2.38. The molecule has 0 unspecified atom stereocenters. The van der Waals surface area contributed by atoms with Crippen molar-refractivity contribution in [1.29, 1.82) is 0 Å². The van der Waals surface area contributed by atoms with Crippen molar-refractivity contribution in [2.24, 2.45) is 5.92 Å². The first kappa shape index (κ1) is 9.66. The van der Waals surface area contributed by atoms with Gasteiger partial charge in [0, 0.05) is 19.1 Å². The summed E-state index contributed by atoms with van der Waals surface area (Å²) in [5, 5.41) is 17.3. The summed E-state index contributed by atoms with van der Waals surface area (Å²) in [6.07, 6.45) is 5.84. The van der Waals surface area contributed by atoms with Crippen LogP contribution >= 0.6 is 0 Å². The molecule has 0 aromatic heterocycles. The summed E-state index contributed by atoms with van der Waals surface area (Å²) in [5.74, 6) is 0.0659. The largest absolute Gasteiger partial charge is 0.396 e. The quantitative estimate of drug-likeness (QED) is 0.564. The second-order valence-electron chi connectivity index (χ2n) is 2.38. The molecule has 2 nitrogen and oxygen atoms in total. The lowest BCUT2D eigenvalue weighted by molar-refractivity contribution is 0.144. The molecule has 0 bridgehead atoms. The Kier molecular flexibility index (Phi) is 6.55. The Morgan fingerprint density at radius 2 is 1.90 bits per heavy atom. The summed E-state index contributed by atoms with van der Waals surface area (Å²) >= 11 is 0. The summed E-state index contributed by atoms with van der Waals surface area (Å²) in [7, 11) is 0. The zero-order valence-corrected chi connectivity index (χ0v) is 6.45. The van der Waals surface area contributed by atoms with Crippen LogP contribution in [0.3, 0.4) is 0 Å². The minimum atomic E-state index is 0.0659. The van der Waals surface area contributed by atoms with Crippen LogP contribution in [0.1, 0.15) is 19.8 Å². The number of hydrogen-bond acceptors (Lipinski definition) is 2. The van der Waals surface area contributed by atoms with E-state index in [9.17, 15) is 0 Å². The van der Waals surface area contributed by atoms with E-state index in [2.05, 4.69) is 0 Å². The van der Waals surface area contributed by atoms with Gasteiger partial charge in [-0.15, -0.1) is 0 Å². The molecule has 0 aliphatic rings. The van der Waals surface area contributed by atoms with Crippen molar-refractivity contribution in [3.8, 4) is 0 Å². The average molecular weight is 144 g/mol. The highest BCUT2D eigenvalue weighted by molar-refractivity contribution is 4.77. The number of allylic oxidation sites excluding steroid dienone is 2. The van der Waals surface area contributed by atoms with Crippen LogP contribution in [0.25, 0.3) is 0 Å². The average Bonchev–Trinajstić information content (AvgIpc) is 1.99. The number of aliphatic hydroxyl groups is 2. The zero-order valence-electron chi connectivity index (χ0n) is 6.45. The molecule has 10 heavy (non-hydrogen) atoms. The molecule has 0 saturated carbocycles. The lowest BCUT2D eigenvalue weighted by Gasteiger charge is -2.07. The monoisotopic (exact) mass is 144 g/mol. The molecule has 0 amide bonds. The van der Waals surface area contributed by atoms with Gasteiger partial charge >= 0.3 is 0 Å². The number of aliphatic hydroxyl groups excluding tert-OH is 2. The second kappa shape index (κ2) is 6.78. The molecule has 60 valence electrons. The van der Waals surface area contributed by atoms with Crippen molar-refractivity contribution in [3.63, 3.8) is 0 Å². The molecule has 0 saturated heterocycles. The van der Waals surface area contributed by atoms with Crippen molar-refractivity contribution in [3.05, 3.63) is 12.2 Å². The Morgan fingerprint density at radius 1 is 1.30 bits per heavy atom. The zero-order chi connectivity index (χ0) is 7.82. The fourth-order valence-electron chi connectivity index (χ4n) is 0.739. The molecule has 0 heterocycles. The van der Waals surface area contributed by atoms with Gasteiger partial charge in [-0.1, -0.05) is 12.2 Å². The van der Waals surface area contributed by atoms with Crippen LogP contribution in [-0.2, 0) is 0 Å². The molecule has 0 atom stereocenters. The normalized spacial score (nSPS) is 11.6. The fraction of sp³-hybridized carbons (Fsp3) is 0.750. The third kappa shape index (κ3) is 4.53. The van der Waals surface area contributed by atoms with Gasteiger partial charge < -0.3 is 10.2 Å². The maximum Gasteiger partial charge on any atom is 0.0481 e. The van der Waals surface area contributed by atoms with E-state index in [4.69, 9.17) is 10.2 Å². The van der Waals surface area contributed by atoms with Crippen LogP contribution in [0.5, 0.6) is 0 Å². The number of hydrogen-bond donors (Lipinski definition) is 2. The van der Waals surface area contributed by atoms with Crippen LogP contribution in [0, 0.1) is 5.92 Å². The fourth-order valence-corrected chi connectivity index (χ4v) is 0.739. The predicted molar refractivity (Wildman–Crippen MR) is 41.7 cm³/mol. The van der Waals surface area contributed by atoms with Crippen LogP contribution in [0.15, 0.2) is 12.2 Å². The third-order valence-corrected chi connectivity index (χ3v) is 1.49. The summed E-state index contributed by atoms with van der Waals surface area (Å²) in [4.78, 5) is 0. The van der Waals surface area contributed by atoms with Crippen molar-refractivity contribution in [2.45, 2.75) is 19.8 Å². The van der Waals surface area contributed by atoms with Gasteiger partial charge in [0.15, 0.2) is 0 Å². The van der Waals surface area contributed by atoms with E-state index in [-0.39, 0.29) is 19.1 Å². The first-order valence-corrected chi connectivity index (χ1v) is 3.68. The van der Waals surface area contributed by atoms with Gasteiger partial charge in [-0.2, -0.15) is 0 Å². The predicted octanol–water partition coefficient (Wildman–Crippen LogP) is 0.944. The van der Waals surface area contributed by atoms with Gasteiger partial charge in [-0.25, -0.2) is 0 Å². The molecular formula is C8H16O2. The molecule has 0 aromatic carbocycles. The minimum absolute atomic E-state index is 0.0659. The summed E-state index contributed by atoms with van der Waals surface area (Å²) in [5.41, 5.74) is 0. The van der Waals surface area contributed by atoms with Crippen molar-refractivity contribution in [2.75, 3.05) is 13.2 Å². The maximum absolute atomic E-state index is 8.64. The molecule has 0 aromatic rings. The smallest absolute Gasteiger partial charge is 0.0481 e. The topological polar surface area (TPSA) is 40.5 Å². The molecule has 2 heteroatoms. The summed E-state index contributed by atoms with van der Waals surface area (Å²) in [6.45, 7) is 2.15. The van der Waals surface area contributed by atoms with E-state index in [1.54, 1.807) is 0 Å². The van der Waals surface area contributed by atoms with Crippen LogP contribution in [0.2, 0.25) is 0 Å². The SMILES string of the molecule is C/C=C/CCC(CO)CO. The Hall–Kier alpha value is -0.340. The molecule has 2 N–H and O–H groups in total. The van der Waals surface area contributed by atoms with Gasteiger partial charge in [0.25, 0.3) is 0 Å². The highest BCUT2D eigenvalue weighted by atomic mass is 16.3. The van der Waals surface area contributed by atoms with E-state index >= 15 is 0 Å². The lowest BCUT2D eigenvalue weighted by Crippen LogP contribution is -2.09. The van der Waals surface area contributed by atoms with Crippen LogP contribution in [-0.4, -0.2) is 23.4 Å².